The quantitative estimate of drug-likeness (QED) is 0.867. The molecule has 0 aliphatic heterocycles. The van der Waals surface area contributed by atoms with Gasteiger partial charge in [0.25, 0.3) is 0 Å². The van der Waals surface area contributed by atoms with Gasteiger partial charge in [0.1, 0.15) is 11.8 Å². The Hall–Kier alpha value is -1.20. The molecule has 1 unspecified atom stereocenters. The summed E-state index contributed by atoms with van der Waals surface area (Å²) < 4.78 is 9.22. The van der Waals surface area contributed by atoms with Crippen LogP contribution in [-0.2, 0) is 0 Å². The van der Waals surface area contributed by atoms with Gasteiger partial charge in [-0.05, 0) is 29.6 Å². The third-order valence-electron chi connectivity index (χ3n) is 2.22. The average Bonchev–Trinajstić information content (AvgIpc) is 2.88. The van der Waals surface area contributed by atoms with Gasteiger partial charge < -0.3 is 10.2 Å². The van der Waals surface area contributed by atoms with Crippen molar-refractivity contribution in [3.05, 3.63) is 34.7 Å². The lowest BCUT2D eigenvalue weighted by molar-refractivity contribution is 0.490. The van der Waals surface area contributed by atoms with Crippen LogP contribution in [0.5, 0.6) is 0 Å². The summed E-state index contributed by atoms with van der Waals surface area (Å²) in [6, 6.07) is 3.45. The lowest BCUT2D eigenvalue weighted by Crippen LogP contribution is -2.12. The van der Waals surface area contributed by atoms with E-state index in [4.69, 9.17) is 10.2 Å². The van der Waals surface area contributed by atoms with Gasteiger partial charge in [-0.25, -0.2) is 0 Å². The Morgan fingerprint density at radius 2 is 2.27 bits per heavy atom. The molecule has 2 N–H and O–H groups in total. The summed E-state index contributed by atoms with van der Waals surface area (Å²) in [6.07, 6.45) is 1.62. The second kappa shape index (κ2) is 4.12. The Balaban J connectivity index is 2.33. The van der Waals surface area contributed by atoms with Gasteiger partial charge in [0, 0.05) is 0 Å². The van der Waals surface area contributed by atoms with Crippen molar-refractivity contribution in [2.75, 3.05) is 0 Å². The molecule has 80 valence electrons. The van der Waals surface area contributed by atoms with E-state index in [0.717, 1.165) is 16.3 Å². The van der Waals surface area contributed by atoms with Crippen molar-refractivity contribution in [1.82, 2.24) is 9.59 Å². The van der Waals surface area contributed by atoms with Crippen molar-refractivity contribution >= 4 is 11.5 Å². The predicted octanol–water partition coefficient (Wildman–Crippen LogP) is 2.30. The van der Waals surface area contributed by atoms with Gasteiger partial charge in [-0.2, -0.15) is 0 Å². The van der Waals surface area contributed by atoms with Crippen LogP contribution in [0.4, 0.5) is 0 Å². The van der Waals surface area contributed by atoms with E-state index in [1.165, 1.54) is 11.5 Å². The molecular formula is C10H13N3OS. The van der Waals surface area contributed by atoms with Crippen LogP contribution in [0.15, 0.2) is 22.8 Å². The number of furan rings is 1. The van der Waals surface area contributed by atoms with Crippen LogP contribution in [0, 0.1) is 0 Å². The van der Waals surface area contributed by atoms with E-state index < -0.39 is 0 Å². The van der Waals surface area contributed by atoms with Crippen LogP contribution in [-0.4, -0.2) is 9.59 Å². The number of aromatic nitrogens is 2. The molecule has 0 aromatic carbocycles. The minimum atomic E-state index is -0.252. The summed E-state index contributed by atoms with van der Waals surface area (Å²) >= 11 is 1.34. The highest BCUT2D eigenvalue weighted by atomic mass is 32.1. The lowest BCUT2D eigenvalue weighted by Gasteiger charge is -2.09. The van der Waals surface area contributed by atoms with Gasteiger partial charge >= 0.3 is 0 Å². The van der Waals surface area contributed by atoms with Crippen LogP contribution in [0.25, 0.3) is 0 Å². The van der Waals surface area contributed by atoms with Crippen molar-refractivity contribution in [1.29, 1.82) is 0 Å². The largest absolute Gasteiger partial charge is 0.467 e. The van der Waals surface area contributed by atoms with Crippen molar-refractivity contribution < 1.29 is 4.42 Å². The van der Waals surface area contributed by atoms with Gasteiger partial charge in [0.2, 0.25) is 0 Å². The highest BCUT2D eigenvalue weighted by Gasteiger charge is 2.20. The van der Waals surface area contributed by atoms with Crippen LogP contribution < -0.4 is 5.73 Å². The van der Waals surface area contributed by atoms with Gasteiger partial charge in [0.05, 0.1) is 16.8 Å². The van der Waals surface area contributed by atoms with Crippen LogP contribution >= 0.6 is 11.5 Å². The second-order valence-electron chi connectivity index (χ2n) is 3.67. The number of nitrogens with zero attached hydrogens (tertiary/aromatic N) is 2. The Morgan fingerprint density at radius 1 is 1.47 bits per heavy atom. The molecule has 5 heteroatoms. The monoisotopic (exact) mass is 223 g/mol. The summed E-state index contributed by atoms with van der Waals surface area (Å²) in [6.45, 7) is 4.16. The second-order valence-corrected chi connectivity index (χ2v) is 4.46. The molecule has 0 amide bonds. The van der Waals surface area contributed by atoms with Crippen molar-refractivity contribution in [2.24, 2.45) is 5.73 Å². The van der Waals surface area contributed by atoms with Crippen LogP contribution in [0.3, 0.4) is 0 Å². The Kier molecular flexibility index (Phi) is 2.83. The third-order valence-corrected chi connectivity index (χ3v) is 3.04. The van der Waals surface area contributed by atoms with Crippen molar-refractivity contribution in [3.63, 3.8) is 0 Å². The van der Waals surface area contributed by atoms with E-state index in [0.29, 0.717) is 5.92 Å². The van der Waals surface area contributed by atoms with Gasteiger partial charge in [-0.15, -0.1) is 5.10 Å². The van der Waals surface area contributed by atoms with E-state index in [2.05, 4.69) is 23.4 Å². The Morgan fingerprint density at radius 3 is 2.87 bits per heavy atom. The Labute approximate surface area is 92.3 Å². The molecule has 2 heterocycles. The fourth-order valence-electron chi connectivity index (χ4n) is 1.42. The fraction of sp³-hybridized carbons (Fsp3) is 0.400. The maximum atomic E-state index is 6.08. The SMILES string of the molecule is CC(C)c1nnsc1C(N)c1ccco1. The van der Waals surface area contributed by atoms with Gasteiger partial charge in [-0.1, -0.05) is 18.3 Å². The predicted molar refractivity (Wildman–Crippen MR) is 58.7 cm³/mol. The molecule has 2 aromatic heterocycles. The van der Waals surface area contributed by atoms with Crippen molar-refractivity contribution in [3.8, 4) is 0 Å². The summed E-state index contributed by atoms with van der Waals surface area (Å²) in [5.74, 6) is 1.09. The third kappa shape index (κ3) is 1.93. The van der Waals surface area contributed by atoms with Crippen LogP contribution in [0.2, 0.25) is 0 Å². The molecule has 2 aromatic rings. The molecule has 0 bridgehead atoms. The highest BCUT2D eigenvalue weighted by Crippen LogP contribution is 2.28. The zero-order valence-corrected chi connectivity index (χ0v) is 9.49. The van der Waals surface area contributed by atoms with E-state index in [1.807, 2.05) is 12.1 Å². The summed E-state index contributed by atoms with van der Waals surface area (Å²) in [4.78, 5) is 0.986. The molecule has 2 rings (SSSR count). The summed E-state index contributed by atoms with van der Waals surface area (Å²) in [7, 11) is 0. The molecule has 4 nitrogen and oxygen atoms in total. The smallest absolute Gasteiger partial charge is 0.125 e. The minimum Gasteiger partial charge on any atom is -0.467 e. The lowest BCUT2D eigenvalue weighted by atomic mass is 10.1. The van der Waals surface area contributed by atoms with E-state index in [1.54, 1.807) is 6.26 Å². The number of nitrogens with two attached hydrogens (primary N) is 1. The van der Waals surface area contributed by atoms with E-state index >= 15 is 0 Å². The topological polar surface area (TPSA) is 64.9 Å². The molecule has 15 heavy (non-hydrogen) atoms. The first-order valence-electron chi connectivity index (χ1n) is 4.81. The number of rotatable bonds is 3. The normalized spacial score (nSPS) is 13.3. The maximum absolute atomic E-state index is 6.08. The molecule has 0 aliphatic carbocycles. The average molecular weight is 223 g/mol. The maximum Gasteiger partial charge on any atom is 0.125 e. The first-order chi connectivity index (χ1) is 7.20. The number of hydrogen-bond donors (Lipinski definition) is 1. The molecule has 0 spiro atoms. The minimum absolute atomic E-state index is 0.252. The van der Waals surface area contributed by atoms with Gasteiger partial charge in [0.15, 0.2) is 0 Å². The number of hydrogen-bond acceptors (Lipinski definition) is 5. The first-order valence-corrected chi connectivity index (χ1v) is 5.58. The Bertz CT molecular complexity index is 422. The highest BCUT2D eigenvalue weighted by molar-refractivity contribution is 7.05. The zero-order valence-electron chi connectivity index (χ0n) is 8.68. The van der Waals surface area contributed by atoms with Crippen LogP contribution in [0.1, 0.15) is 42.1 Å². The standard InChI is InChI=1S/C10H13N3OS/c1-6(2)9-10(15-13-12-9)8(11)7-4-3-5-14-7/h3-6,8H,11H2,1-2H3. The first kappa shape index (κ1) is 10.3. The summed E-state index contributed by atoms with van der Waals surface area (Å²) in [5.41, 5.74) is 7.04. The molecule has 0 radical (unpaired) electrons. The van der Waals surface area contributed by atoms with Crippen molar-refractivity contribution in [2.45, 2.75) is 25.8 Å². The molecule has 0 aliphatic rings. The summed E-state index contributed by atoms with van der Waals surface area (Å²) in [5, 5.41) is 4.09. The molecule has 1 atom stereocenters. The molecule has 0 saturated heterocycles. The molecule has 0 fully saturated rings. The zero-order chi connectivity index (χ0) is 10.8. The van der Waals surface area contributed by atoms with E-state index in [9.17, 15) is 0 Å². The van der Waals surface area contributed by atoms with E-state index in [-0.39, 0.29) is 6.04 Å². The molecule has 0 saturated carbocycles. The van der Waals surface area contributed by atoms with Gasteiger partial charge in [-0.3, -0.25) is 0 Å². The fourth-order valence-corrected chi connectivity index (χ4v) is 2.23. The molecular weight excluding hydrogens is 210 g/mol.